The van der Waals surface area contributed by atoms with Crippen molar-refractivity contribution >= 4 is 39.4 Å². The van der Waals surface area contributed by atoms with Crippen molar-refractivity contribution in [2.45, 2.75) is 37.3 Å². The number of benzene rings is 1. The van der Waals surface area contributed by atoms with Crippen LogP contribution < -0.4 is 4.72 Å². The van der Waals surface area contributed by atoms with Crippen molar-refractivity contribution in [2.24, 2.45) is 0 Å². The topological polar surface area (TPSA) is 72.5 Å². The largest absolute Gasteiger partial charge is 0.462 e. The lowest BCUT2D eigenvalue weighted by Gasteiger charge is -2.19. The molecule has 1 N–H and O–H groups in total. The summed E-state index contributed by atoms with van der Waals surface area (Å²) in [7, 11) is -4.08. The fourth-order valence-electron chi connectivity index (χ4n) is 1.72. The molecule has 0 spiro atoms. The Kier molecular flexibility index (Phi) is 7.79. The van der Waals surface area contributed by atoms with Crippen LogP contribution in [-0.4, -0.2) is 38.5 Å². The molecule has 0 saturated carbocycles. The van der Waals surface area contributed by atoms with Gasteiger partial charge in [-0.1, -0.05) is 11.6 Å². The normalized spacial score (nSPS) is 13.1. The molecular weight excluding hydrogens is 365 g/mol. The van der Waals surface area contributed by atoms with Crippen LogP contribution >= 0.6 is 23.4 Å². The molecule has 1 unspecified atom stereocenters. The van der Waals surface area contributed by atoms with Crippen molar-refractivity contribution in [3.63, 3.8) is 0 Å². The molecule has 130 valence electrons. The maximum atomic E-state index is 13.1. The third kappa shape index (κ3) is 6.29. The predicted octanol–water partition coefficient (Wildman–Crippen LogP) is 2.83. The fourth-order valence-corrected chi connectivity index (χ4v) is 3.94. The minimum Gasteiger partial charge on any atom is -0.462 e. The Labute approximate surface area is 145 Å². The fraction of sp³-hybridized carbons (Fsp3) is 0.500. The summed E-state index contributed by atoms with van der Waals surface area (Å²) in [6.07, 6.45) is 1.75. The van der Waals surface area contributed by atoms with E-state index < -0.39 is 27.9 Å². The molecule has 1 aromatic carbocycles. The Morgan fingerprint density at radius 1 is 1.43 bits per heavy atom. The number of carbonyl (C=O) groups is 1. The number of sulfonamides is 1. The van der Waals surface area contributed by atoms with E-state index >= 15 is 0 Å². The van der Waals surface area contributed by atoms with E-state index in [-0.39, 0.29) is 22.4 Å². The molecule has 0 aliphatic rings. The minimum absolute atomic E-state index is 0.252. The zero-order chi connectivity index (χ0) is 17.6. The van der Waals surface area contributed by atoms with Crippen molar-refractivity contribution in [1.82, 2.24) is 4.72 Å². The van der Waals surface area contributed by atoms with Gasteiger partial charge in [0.1, 0.15) is 16.8 Å². The molecule has 0 heterocycles. The molecule has 9 heteroatoms. The highest BCUT2D eigenvalue weighted by Crippen LogP contribution is 2.22. The number of ether oxygens (including phenoxy) is 1. The van der Waals surface area contributed by atoms with Gasteiger partial charge in [0.2, 0.25) is 10.0 Å². The quantitative estimate of drug-likeness (QED) is 0.699. The second-order valence-electron chi connectivity index (χ2n) is 5.02. The monoisotopic (exact) mass is 383 g/mol. The number of halogens is 2. The Morgan fingerprint density at radius 2 is 2.09 bits per heavy atom. The zero-order valence-electron chi connectivity index (χ0n) is 13.0. The van der Waals surface area contributed by atoms with E-state index in [1.165, 1.54) is 11.8 Å². The van der Waals surface area contributed by atoms with E-state index in [4.69, 9.17) is 16.3 Å². The molecule has 0 saturated heterocycles. The van der Waals surface area contributed by atoms with Gasteiger partial charge in [0.05, 0.1) is 11.1 Å². The number of nitrogens with one attached hydrogen (secondary N) is 1. The van der Waals surface area contributed by atoms with E-state index in [9.17, 15) is 17.6 Å². The molecule has 23 heavy (non-hydrogen) atoms. The van der Waals surface area contributed by atoms with E-state index in [0.29, 0.717) is 5.75 Å². The van der Waals surface area contributed by atoms with Crippen LogP contribution in [0.1, 0.15) is 20.3 Å². The number of hydrogen-bond donors (Lipinski definition) is 1. The molecule has 0 aliphatic carbocycles. The highest BCUT2D eigenvalue weighted by atomic mass is 35.5. The smallest absolute Gasteiger partial charge is 0.324 e. The average molecular weight is 384 g/mol. The molecule has 0 fully saturated rings. The van der Waals surface area contributed by atoms with Gasteiger partial charge in [0, 0.05) is 0 Å². The summed E-state index contributed by atoms with van der Waals surface area (Å²) < 4.78 is 45.2. The third-order valence-electron chi connectivity index (χ3n) is 2.73. The Hall–Kier alpha value is -0.830. The van der Waals surface area contributed by atoms with Crippen LogP contribution in [-0.2, 0) is 19.6 Å². The van der Waals surface area contributed by atoms with Crippen LogP contribution in [0.5, 0.6) is 0 Å². The lowest BCUT2D eigenvalue weighted by atomic mass is 10.2. The molecule has 0 aliphatic heterocycles. The minimum atomic E-state index is -4.08. The third-order valence-corrected chi connectivity index (χ3v) is 5.33. The van der Waals surface area contributed by atoms with Gasteiger partial charge < -0.3 is 4.74 Å². The second-order valence-corrected chi connectivity index (χ2v) is 8.09. The summed E-state index contributed by atoms with van der Waals surface area (Å²) in [6, 6.07) is 1.92. The number of carbonyl (C=O) groups excluding carboxylic acids is 1. The highest BCUT2D eigenvalue weighted by molar-refractivity contribution is 7.98. The van der Waals surface area contributed by atoms with Crippen molar-refractivity contribution in [2.75, 3.05) is 12.0 Å². The summed E-state index contributed by atoms with van der Waals surface area (Å²) in [5.41, 5.74) is 0. The van der Waals surface area contributed by atoms with Crippen LogP contribution in [0.3, 0.4) is 0 Å². The first-order chi connectivity index (χ1) is 10.7. The van der Waals surface area contributed by atoms with Gasteiger partial charge in [0.25, 0.3) is 0 Å². The lowest BCUT2D eigenvalue weighted by molar-refractivity contribution is -0.149. The number of thioether (sulfide) groups is 1. The van der Waals surface area contributed by atoms with E-state index in [2.05, 4.69) is 4.72 Å². The maximum Gasteiger partial charge on any atom is 0.324 e. The van der Waals surface area contributed by atoms with Gasteiger partial charge in [-0.25, -0.2) is 12.8 Å². The van der Waals surface area contributed by atoms with Crippen molar-refractivity contribution in [3.05, 3.63) is 29.0 Å². The second kappa shape index (κ2) is 8.86. The molecule has 0 aromatic heterocycles. The summed E-state index contributed by atoms with van der Waals surface area (Å²) in [6.45, 7) is 3.35. The standard InChI is InChI=1S/C14H19ClFNO4S2/c1-9(2)21-14(18)12(6-7-22-3)17-23(19,20)13-5-4-10(16)8-11(13)15/h4-5,8-9,12,17H,6-7H2,1-3H3. The highest BCUT2D eigenvalue weighted by Gasteiger charge is 2.28. The van der Waals surface area contributed by atoms with Crippen LogP contribution in [0.25, 0.3) is 0 Å². The first-order valence-electron chi connectivity index (χ1n) is 6.84. The molecule has 1 atom stereocenters. The molecule has 5 nitrogen and oxygen atoms in total. The van der Waals surface area contributed by atoms with Crippen molar-refractivity contribution in [3.8, 4) is 0 Å². The summed E-state index contributed by atoms with van der Waals surface area (Å²) >= 11 is 7.26. The molecule has 0 radical (unpaired) electrons. The van der Waals surface area contributed by atoms with Crippen LogP contribution in [0.15, 0.2) is 23.1 Å². The first kappa shape index (κ1) is 20.2. The number of esters is 1. The van der Waals surface area contributed by atoms with Crippen molar-refractivity contribution < 1.29 is 22.3 Å². The summed E-state index contributed by atoms with van der Waals surface area (Å²) in [5.74, 6) is -0.736. The molecule has 0 amide bonds. The maximum absolute atomic E-state index is 13.1. The molecule has 1 aromatic rings. The first-order valence-corrected chi connectivity index (χ1v) is 10.1. The van der Waals surface area contributed by atoms with E-state index in [1.54, 1.807) is 13.8 Å². The van der Waals surface area contributed by atoms with Crippen molar-refractivity contribution in [1.29, 1.82) is 0 Å². The van der Waals surface area contributed by atoms with Gasteiger partial charge in [-0.15, -0.1) is 0 Å². The zero-order valence-corrected chi connectivity index (χ0v) is 15.4. The van der Waals surface area contributed by atoms with Crippen LogP contribution in [0.4, 0.5) is 4.39 Å². The van der Waals surface area contributed by atoms with Crippen LogP contribution in [0, 0.1) is 5.82 Å². The van der Waals surface area contributed by atoms with Gasteiger partial charge in [0.15, 0.2) is 0 Å². The Morgan fingerprint density at radius 3 is 2.61 bits per heavy atom. The van der Waals surface area contributed by atoms with Gasteiger partial charge in [-0.2, -0.15) is 16.5 Å². The molecular formula is C14H19ClFNO4S2. The predicted molar refractivity (Wildman–Crippen MR) is 89.7 cm³/mol. The number of rotatable bonds is 8. The Bertz CT molecular complexity index is 652. The van der Waals surface area contributed by atoms with Gasteiger partial charge in [-0.3, -0.25) is 4.79 Å². The van der Waals surface area contributed by atoms with Gasteiger partial charge >= 0.3 is 5.97 Å². The molecule has 0 bridgehead atoms. The van der Waals surface area contributed by atoms with E-state index in [0.717, 1.165) is 18.2 Å². The number of hydrogen-bond acceptors (Lipinski definition) is 5. The Balaban J connectivity index is 3.02. The average Bonchev–Trinajstić information content (AvgIpc) is 2.42. The van der Waals surface area contributed by atoms with Gasteiger partial charge in [-0.05, 0) is 50.5 Å². The molecule has 1 rings (SSSR count). The van der Waals surface area contributed by atoms with E-state index in [1.807, 2.05) is 6.26 Å². The SMILES string of the molecule is CSCCC(NS(=O)(=O)c1ccc(F)cc1Cl)C(=O)OC(C)C. The summed E-state index contributed by atoms with van der Waals surface area (Å²) in [4.78, 5) is 11.8. The lowest BCUT2D eigenvalue weighted by Crippen LogP contribution is -2.43. The van der Waals surface area contributed by atoms with Crippen LogP contribution in [0.2, 0.25) is 5.02 Å². The summed E-state index contributed by atoms with van der Waals surface area (Å²) in [5, 5.41) is -0.252.